The van der Waals surface area contributed by atoms with Gasteiger partial charge in [-0.05, 0) is 49.2 Å². The van der Waals surface area contributed by atoms with Crippen LogP contribution in [0.2, 0.25) is 0 Å². The molecule has 1 atom stereocenters. The highest BCUT2D eigenvalue weighted by Crippen LogP contribution is 2.24. The van der Waals surface area contributed by atoms with Crippen LogP contribution < -0.4 is 5.32 Å². The van der Waals surface area contributed by atoms with Crippen LogP contribution in [-0.4, -0.2) is 35.4 Å². The van der Waals surface area contributed by atoms with Crippen LogP contribution in [0.3, 0.4) is 0 Å². The van der Waals surface area contributed by atoms with E-state index < -0.39 is 0 Å². The van der Waals surface area contributed by atoms with Crippen molar-refractivity contribution in [2.24, 2.45) is 0 Å². The van der Waals surface area contributed by atoms with E-state index >= 15 is 0 Å². The molecule has 2 heterocycles. The average molecular weight is 321 g/mol. The molecule has 1 aliphatic rings. The molecule has 4 heteroatoms. The molecule has 0 aliphatic carbocycles. The lowest BCUT2D eigenvalue weighted by Crippen LogP contribution is -2.36. The second kappa shape index (κ2) is 8.41. The summed E-state index contributed by atoms with van der Waals surface area (Å²) < 4.78 is 0. The molecule has 0 radical (unpaired) electrons. The summed E-state index contributed by atoms with van der Waals surface area (Å²) in [7, 11) is 0. The molecule has 1 saturated heterocycles. The first kappa shape index (κ1) is 16.4. The molecular weight excluding hydrogens is 298 g/mol. The third-order valence-corrected chi connectivity index (χ3v) is 4.35. The highest BCUT2D eigenvalue weighted by atomic mass is 16.1. The smallest absolute Gasteiger partial charge is 0.244 e. The van der Waals surface area contributed by atoms with Gasteiger partial charge in [0.05, 0.1) is 6.04 Å². The first-order valence-electron chi connectivity index (χ1n) is 8.48. The molecule has 1 N–H and O–H groups in total. The summed E-state index contributed by atoms with van der Waals surface area (Å²) in [6.07, 6.45) is 9.29. The number of hydrogen-bond donors (Lipinski definition) is 1. The van der Waals surface area contributed by atoms with E-state index in [9.17, 15) is 4.79 Å². The summed E-state index contributed by atoms with van der Waals surface area (Å²) >= 11 is 0. The maximum absolute atomic E-state index is 12.1. The third-order valence-electron chi connectivity index (χ3n) is 4.35. The third kappa shape index (κ3) is 4.52. The molecule has 1 aliphatic heterocycles. The molecule has 124 valence electrons. The molecule has 0 spiro atoms. The van der Waals surface area contributed by atoms with Crippen molar-refractivity contribution in [3.8, 4) is 0 Å². The van der Waals surface area contributed by atoms with Crippen molar-refractivity contribution in [1.82, 2.24) is 15.2 Å². The Hall–Kier alpha value is -2.46. The minimum atomic E-state index is -0.0704. The van der Waals surface area contributed by atoms with E-state index in [1.54, 1.807) is 24.5 Å². The predicted octanol–water partition coefficient (Wildman–Crippen LogP) is 3.05. The number of nitrogens with zero attached hydrogens (tertiary/aromatic N) is 2. The van der Waals surface area contributed by atoms with Gasteiger partial charge in [0.25, 0.3) is 0 Å². The van der Waals surface area contributed by atoms with Crippen LogP contribution in [0.1, 0.15) is 30.0 Å². The number of benzene rings is 1. The number of carbonyl (C=O) groups is 1. The molecule has 1 aromatic carbocycles. The van der Waals surface area contributed by atoms with E-state index in [2.05, 4.69) is 39.5 Å². The predicted molar refractivity (Wildman–Crippen MR) is 96.3 cm³/mol. The van der Waals surface area contributed by atoms with Gasteiger partial charge in [-0.15, -0.1) is 0 Å². The SMILES string of the molecule is O=C(/C=C/c1cccnc1)NCC(c1ccccc1)N1CCCC1. The van der Waals surface area contributed by atoms with Crippen molar-refractivity contribution in [3.05, 3.63) is 72.1 Å². The summed E-state index contributed by atoms with van der Waals surface area (Å²) in [4.78, 5) is 18.6. The molecular formula is C20H23N3O. The van der Waals surface area contributed by atoms with Crippen LogP contribution >= 0.6 is 0 Å². The number of likely N-dealkylation sites (tertiary alicyclic amines) is 1. The second-order valence-electron chi connectivity index (χ2n) is 6.03. The van der Waals surface area contributed by atoms with E-state index in [1.807, 2.05) is 18.2 Å². The van der Waals surface area contributed by atoms with Gasteiger partial charge in [-0.1, -0.05) is 36.4 Å². The van der Waals surface area contributed by atoms with Crippen molar-refractivity contribution >= 4 is 12.0 Å². The van der Waals surface area contributed by atoms with Crippen molar-refractivity contribution in [1.29, 1.82) is 0 Å². The van der Waals surface area contributed by atoms with E-state index in [-0.39, 0.29) is 11.9 Å². The first-order chi connectivity index (χ1) is 11.8. The number of amides is 1. The molecule has 3 rings (SSSR count). The fourth-order valence-corrected chi connectivity index (χ4v) is 3.09. The molecule has 24 heavy (non-hydrogen) atoms. The molecule has 4 nitrogen and oxygen atoms in total. The van der Waals surface area contributed by atoms with Crippen molar-refractivity contribution < 1.29 is 4.79 Å². The van der Waals surface area contributed by atoms with Crippen LogP contribution in [0, 0.1) is 0 Å². The van der Waals surface area contributed by atoms with Crippen molar-refractivity contribution in [2.75, 3.05) is 19.6 Å². The topological polar surface area (TPSA) is 45.2 Å². The summed E-state index contributed by atoms with van der Waals surface area (Å²) in [5, 5.41) is 3.04. The molecule has 1 amide bonds. The van der Waals surface area contributed by atoms with Crippen molar-refractivity contribution in [2.45, 2.75) is 18.9 Å². The molecule has 0 saturated carbocycles. The summed E-state index contributed by atoms with van der Waals surface area (Å²) in [5.74, 6) is -0.0704. The molecule has 1 aromatic heterocycles. The minimum Gasteiger partial charge on any atom is -0.351 e. The van der Waals surface area contributed by atoms with E-state index in [4.69, 9.17) is 0 Å². The standard InChI is InChI=1S/C20H23N3O/c24-20(11-10-17-7-6-12-21-15-17)22-16-19(23-13-4-5-14-23)18-8-2-1-3-9-18/h1-3,6-12,15,19H,4-5,13-14,16H2,(H,22,24)/b11-10+. The second-order valence-corrected chi connectivity index (χ2v) is 6.03. The van der Waals surface area contributed by atoms with Gasteiger partial charge in [-0.25, -0.2) is 0 Å². The number of hydrogen-bond acceptors (Lipinski definition) is 3. The van der Waals surface area contributed by atoms with Gasteiger partial charge < -0.3 is 5.32 Å². The lowest BCUT2D eigenvalue weighted by atomic mass is 10.1. The minimum absolute atomic E-state index is 0.0704. The quantitative estimate of drug-likeness (QED) is 0.832. The van der Waals surface area contributed by atoms with E-state index in [0.29, 0.717) is 6.54 Å². The number of carbonyl (C=O) groups excluding carboxylic acids is 1. The maximum atomic E-state index is 12.1. The number of pyridine rings is 1. The summed E-state index contributed by atoms with van der Waals surface area (Å²) in [5.41, 5.74) is 2.18. The van der Waals surface area contributed by atoms with Gasteiger partial charge in [-0.2, -0.15) is 0 Å². The van der Waals surface area contributed by atoms with Gasteiger partial charge in [0, 0.05) is 25.0 Å². The van der Waals surface area contributed by atoms with E-state index in [1.165, 1.54) is 18.4 Å². The van der Waals surface area contributed by atoms with Gasteiger partial charge >= 0.3 is 0 Å². The van der Waals surface area contributed by atoms with E-state index in [0.717, 1.165) is 18.7 Å². The van der Waals surface area contributed by atoms with Gasteiger partial charge in [0.1, 0.15) is 0 Å². The Balaban J connectivity index is 1.61. The van der Waals surface area contributed by atoms with Crippen LogP contribution in [0.5, 0.6) is 0 Å². The normalized spacial score (nSPS) is 16.3. The molecule has 1 unspecified atom stereocenters. The Bertz CT molecular complexity index is 664. The Morgan fingerprint density at radius 2 is 1.96 bits per heavy atom. The largest absolute Gasteiger partial charge is 0.351 e. The van der Waals surface area contributed by atoms with Crippen LogP contribution in [0.25, 0.3) is 6.08 Å². The summed E-state index contributed by atoms with van der Waals surface area (Å²) in [6.45, 7) is 2.82. The highest BCUT2D eigenvalue weighted by molar-refractivity contribution is 5.91. The fourth-order valence-electron chi connectivity index (χ4n) is 3.09. The zero-order valence-corrected chi connectivity index (χ0v) is 13.8. The number of nitrogens with one attached hydrogen (secondary N) is 1. The molecule has 2 aromatic rings. The van der Waals surface area contributed by atoms with Crippen LogP contribution in [0.4, 0.5) is 0 Å². The van der Waals surface area contributed by atoms with Crippen LogP contribution in [-0.2, 0) is 4.79 Å². The zero-order chi connectivity index (χ0) is 16.6. The summed E-state index contributed by atoms with van der Waals surface area (Å²) in [6, 6.07) is 14.4. The Morgan fingerprint density at radius 3 is 2.67 bits per heavy atom. The molecule has 0 bridgehead atoms. The maximum Gasteiger partial charge on any atom is 0.244 e. The number of rotatable bonds is 6. The average Bonchev–Trinajstić information content (AvgIpc) is 3.16. The van der Waals surface area contributed by atoms with Gasteiger partial charge in [0.2, 0.25) is 5.91 Å². The van der Waals surface area contributed by atoms with Crippen molar-refractivity contribution in [3.63, 3.8) is 0 Å². The van der Waals surface area contributed by atoms with Crippen LogP contribution in [0.15, 0.2) is 60.9 Å². The lowest BCUT2D eigenvalue weighted by molar-refractivity contribution is -0.116. The fraction of sp³-hybridized carbons (Fsp3) is 0.300. The Morgan fingerprint density at radius 1 is 1.17 bits per heavy atom. The monoisotopic (exact) mass is 321 g/mol. The Kier molecular flexibility index (Phi) is 5.75. The first-order valence-corrected chi connectivity index (χ1v) is 8.48. The highest BCUT2D eigenvalue weighted by Gasteiger charge is 2.23. The Labute approximate surface area is 143 Å². The lowest BCUT2D eigenvalue weighted by Gasteiger charge is -2.28. The van der Waals surface area contributed by atoms with Gasteiger partial charge in [-0.3, -0.25) is 14.7 Å². The van der Waals surface area contributed by atoms with Gasteiger partial charge in [0.15, 0.2) is 0 Å². The number of aromatic nitrogens is 1. The zero-order valence-electron chi connectivity index (χ0n) is 13.8. The molecule has 1 fully saturated rings.